The van der Waals surface area contributed by atoms with Crippen molar-refractivity contribution < 1.29 is 4.74 Å². The number of benzene rings is 1. The molecule has 0 radical (unpaired) electrons. The average molecular weight is 350 g/mol. The van der Waals surface area contributed by atoms with Crippen LogP contribution in [0.1, 0.15) is 30.0 Å². The summed E-state index contributed by atoms with van der Waals surface area (Å²) in [7, 11) is 1.75. The second kappa shape index (κ2) is 6.23. The Labute approximate surface area is 155 Å². The lowest BCUT2D eigenvalue weighted by Gasteiger charge is -2.51. The van der Waals surface area contributed by atoms with Gasteiger partial charge in [0.25, 0.3) is 0 Å². The molecule has 5 heterocycles. The predicted molar refractivity (Wildman–Crippen MR) is 102 cm³/mol. The minimum Gasteiger partial charge on any atom is -0.497 e. The number of rotatable bonds is 3. The van der Waals surface area contributed by atoms with E-state index in [2.05, 4.69) is 39.9 Å². The van der Waals surface area contributed by atoms with Gasteiger partial charge in [0, 0.05) is 36.9 Å². The number of aryl methyl sites for hydroxylation is 1. The van der Waals surface area contributed by atoms with Crippen molar-refractivity contribution >= 4 is 5.82 Å². The maximum Gasteiger partial charge on any atom is 0.150 e. The number of ether oxygens (including phenoxy) is 1. The molecular formula is C21H26N4O. The Morgan fingerprint density at radius 1 is 1.08 bits per heavy atom. The summed E-state index contributed by atoms with van der Waals surface area (Å²) < 4.78 is 5.49. The van der Waals surface area contributed by atoms with Crippen molar-refractivity contribution in [1.29, 1.82) is 0 Å². The van der Waals surface area contributed by atoms with Crippen LogP contribution in [0.3, 0.4) is 0 Å². The molecule has 0 saturated carbocycles. The molecule has 5 heteroatoms. The van der Waals surface area contributed by atoms with E-state index in [-0.39, 0.29) is 0 Å². The number of hydrogen-bond acceptors (Lipinski definition) is 5. The van der Waals surface area contributed by atoms with Crippen LogP contribution in [-0.2, 0) is 0 Å². The molecular weight excluding hydrogens is 324 g/mol. The molecule has 4 saturated heterocycles. The third kappa shape index (κ3) is 2.41. The third-order valence-corrected chi connectivity index (χ3v) is 6.64. The Bertz CT molecular complexity index is 802. The molecule has 1 aromatic carbocycles. The van der Waals surface area contributed by atoms with Crippen LogP contribution in [-0.4, -0.2) is 53.7 Å². The van der Waals surface area contributed by atoms with E-state index in [1.165, 1.54) is 31.5 Å². The van der Waals surface area contributed by atoms with E-state index in [0.717, 1.165) is 29.7 Å². The first-order chi connectivity index (χ1) is 12.8. The van der Waals surface area contributed by atoms with Crippen molar-refractivity contribution in [1.82, 2.24) is 14.9 Å². The molecule has 4 aliphatic heterocycles. The summed E-state index contributed by atoms with van der Waals surface area (Å²) in [6, 6.07) is 9.75. The largest absolute Gasteiger partial charge is 0.497 e. The highest BCUT2D eigenvalue weighted by Crippen LogP contribution is 2.48. The lowest BCUT2D eigenvalue weighted by Crippen LogP contribution is -2.60. The summed E-state index contributed by atoms with van der Waals surface area (Å²) in [5, 5.41) is 0. The van der Waals surface area contributed by atoms with Crippen molar-refractivity contribution in [2.24, 2.45) is 5.92 Å². The van der Waals surface area contributed by atoms with Gasteiger partial charge in [0.05, 0.1) is 12.8 Å². The van der Waals surface area contributed by atoms with Crippen molar-refractivity contribution in [3.63, 3.8) is 0 Å². The van der Waals surface area contributed by atoms with Gasteiger partial charge in [0.2, 0.25) is 0 Å². The first-order valence-corrected chi connectivity index (χ1v) is 9.68. The van der Waals surface area contributed by atoms with Crippen LogP contribution in [0.2, 0.25) is 0 Å². The molecule has 6 rings (SSSR count). The van der Waals surface area contributed by atoms with Crippen LogP contribution in [0, 0.1) is 12.8 Å². The molecule has 3 atom stereocenters. The first kappa shape index (κ1) is 16.1. The number of aromatic nitrogens is 2. The highest BCUT2D eigenvalue weighted by atomic mass is 16.5. The Balaban J connectivity index is 1.57. The standard InChI is InChI=1S/C21H26N4O/c1-14-21(23-9-8-22-14)25-13-18(16-4-3-5-17(12-16)26-2)20-19(25)15-6-10-24(20)11-7-15/h3-5,8-9,12,15,18-20H,6-7,10-11,13H2,1-2H3/t18-,19-,20-/m1/s1. The molecule has 0 unspecified atom stereocenters. The zero-order chi connectivity index (χ0) is 17.7. The minimum atomic E-state index is 0.486. The Kier molecular flexibility index (Phi) is 3.85. The van der Waals surface area contributed by atoms with Crippen LogP contribution in [0.25, 0.3) is 0 Å². The average Bonchev–Trinajstić information content (AvgIpc) is 3.12. The van der Waals surface area contributed by atoms with Gasteiger partial charge in [0.15, 0.2) is 0 Å². The maximum absolute atomic E-state index is 5.49. The SMILES string of the molecule is COc1cccc([C@H]2CN(c3nccnc3C)[C@@H]3C4CCN(CC4)[C@H]23)c1. The van der Waals surface area contributed by atoms with E-state index in [1.807, 2.05) is 12.3 Å². The molecule has 0 spiro atoms. The zero-order valence-corrected chi connectivity index (χ0v) is 15.5. The van der Waals surface area contributed by atoms with Gasteiger partial charge < -0.3 is 9.64 Å². The number of anilines is 1. The number of hydrogen-bond donors (Lipinski definition) is 0. The molecule has 0 amide bonds. The van der Waals surface area contributed by atoms with Crippen LogP contribution in [0.15, 0.2) is 36.7 Å². The summed E-state index contributed by atoms with van der Waals surface area (Å²) >= 11 is 0. The van der Waals surface area contributed by atoms with Gasteiger partial charge >= 0.3 is 0 Å². The molecule has 136 valence electrons. The van der Waals surface area contributed by atoms with Gasteiger partial charge in [-0.05, 0) is 56.5 Å². The van der Waals surface area contributed by atoms with E-state index < -0.39 is 0 Å². The van der Waals surface area contributed by atoms with Gasteiger partial charge in [-0.15, -0.1) is 0 Å². The monoisotopic (exact) mass is 350 g/mol. The van der Waals surface area contributed by atoms with Gasteiger partial charge in [0.1, 0.15) is 11.6 Å². The van der Waals surface area contributed by atoms with E-state index in [0.29, 0.717) is 18.0 Å². The Morgan fingerprint density at radius 2 is 1.88 bits per heavy atom. The highest BCUT2D eigenvalue weighted by Gasteiger charge is 2.54. The highest BCUT2D eigenvalue weighted by molar-refractivity contribution is 5.50. The second-order valence-corrected chi connectivity index (χ2v) is 7.86. The van der Waals surface area contributed by atoms with E-state index in [1.54, 1.807) is 13.3 Å². The van der Waals surface area contributed by atoms with Crippen LogP contribution in [0.5, 0.6) is 5.75 Å². The number of nitrogens with zero attached hydrogens (tertiary/aromatic N) is 4. The smallest absolute Gasteiger partial charge is 0.150 e. The summed E-state index contributed by atoms with van der Waals surface area (Å²) in [6.07, 6.45) is 6.24. The number of fused-ring (bicyclic) bond motifs is 2. The molecule has 26 heavy (non-hydrogen) atoms. The molecule has 2 aromatic rings. The van der Waals surface area contributed by atoms with E-state index in [9.17, 15) is 0 Å². The van der Waals surface area contributed by atoms with Crippen LogP contribution < -0.4 is 9.64 Å². The fourth-order valence-electron chi connectivity index (χ4n) is 5.51. The summed E-state index contributed by atoms with van der Waals surface area (Å²) in [5.74, 6) is 3.27. The topological polar surface area (TPSA) is 41.5 Å². The van der Waals surface area contributed by atoms with Crippen molar-refractivity contribution in [3.05, 3.63) is 47.9 Å². The second-order valence-electron chi connectivity index (χ2n) is 7.86. The molecule has 0 aliphatic carbocycles. The van der Waals surface area contributed by atoms with E-state index in [4.69, 9.17) is 9.72 Å². The fourth-order valence-corrected chi connectivity index (χ4v) is 5.51. The number of methoxy groups -OCH3 is 1. The molecule has 5 nitrogen and oxygen atoms in total. The quantitative estimate of drug-likeness (QED) is 0.851. The lowest BCUT2D eigenvalue weighted by molar-refractivity contribution is 0.0354. The number of piperidine rings is 3. The first-order valence-electron chi connectivity index (χ1n) is 9.68. The van der Waals surface area contributed by atoms with Crippen molar-refractivity contribution in [3.8, 4) is 5.75 Å². The Hall–Kier alpha value is -2.14. The maximum atomic E-state index is 5.49. The van der Waals surface area contributed by atoms with Gasteiger partial charge in [-0.25, -0.2) is 4.98 Å². The summed E-state index contributed by atoms with van der Waals surface area (Å²) in [6.45, 7) is 5.56. The van der Waals surface area contributed by atoms with Gasteiger partial charge in [-0.2, -0.15) is 0 Å². The van der Waals surface area contributed by atoms with Gasteiger partial charge in [-0.3, -0.25) is 9.88 Å². The predicted octanol–water partition coefficient (Wildman–Crippen LogP) is 2.86. The normalized spacial score (nSPS) is 32.5. The van der Waals surface area contributed by atoms with Crippen LogP contribution >= 0.6 is 0 Å². The minimum absolute atomic E-state index is 0.486. The molecule has 4 fully saturated rings. The van der Waals surface area contributed by atoms with Crippen LogP contribution in [0.4, 0.5) is 5.82 Å². The summed E-state index contributed by atoms with van der Waals surface area (Å²) in [5.41, 5.74) is 2.42. The summed E-state index contributed by atoms with van der Waals surface area (Å²) in [4.78, 5) is 14.5. The molecule has 0 N–H and O–H groups in total. The molecule has 2 bridgehead atoms. The molecule has 1 aromatic heterocycles. The molecule has 4 aliphatic rings. The fraction of sp³-hybridized carbons (Fsp3) is 0.524. The van der Waals surface area contributed by atoms with Crippen molar-refractivity contribution in [2.75, 3.05) is 31.6 Å². The Morgan fingerprint density at radius 3 is 2.65 bits per heavy atom. The van der Waals surface area contributed by atoms with Gasteiger partial charge in [-0.1, -0.05) is 12.1 Å². The lowest BCUT2D eigenvalue weighted by atomic mass is 9.75. The third-order valence-electron chi connectivity index (χ3n) is 6.64. The van der Waals surface area contributed by atoms with Crippen molar-refractivity contribution in [2.45, 2.75) is 37.8 Å². The zero-order valence-electron chi connectivity index (χ0n) is 15.5. The van der Waals surface area contributed by atoms with E-state index >= 15 is 0 Å².